The highest BCUT2D eigenvalue weighted by atomic mass is 35.5. The molecule has 1 heterocycles. The minimum atomic E-state index is -3.75. The van der Waals surface area contributed by atoms with E-state index < -0.39 is 16.6 Å². The molecular weight excluding hydrogens is 356 g/mol. The summed E-state index contributed by atoms with van der Waals surface area (Å²) >= 11 is 7.28. The number of sulfonamides is 1. The molecule has 0 saturated carbocycles. The van der Waals surface area contributed by atoms with Crippen molar-refractivity contribution in [3.63, 3.8) is 0 Å². The summed E-state index contributed by atoms with van der Waals surface area (Å²) in [6, 6.07) is 7.13. The van der Waals surface area contributed by atoms with Gasteiger partial charge in [-0.2, -0.15) is 8.78 Å². The van der Waals surface area contributed by atoms with Gasteiger partial charge in [0, 0.05) is 11.4 Å². The Labute approximate surface area is 135 Å². The average Bonchev–Trinajstić information content (AvgIpc) is 2.93. The van der Waals surface area contributed by atoms with Gasteiger partial charge in [-0.25, -0.2) is 13.1 Å². The number of hydrogen-bond donors (Lipinski definition) is 1. The standard InChI is InChI=1S/C13H12ClF2NO3S2/c14-11-8-10(3-4-12(11)20-13(15)16)22(18,19)17-6-5-9-2-1-7-21-9/h1-4,7-8,13,17H,5-6H2. The van der Waals surface area contributed by atoms with Crippen molar-refractivity contribution >= 4 is 33.0 Å². The van der Waals surface area contributed by atoms with Gasteiger partial charge < -0.3 is 4.74 Å². The molecule has 0 aliphatic carbocycles. The van der Waals surface area contributed by atoms with E-state index in [0.29, 0.717) is 6.42 Å². The third-order valence-corrected chi connectivity index (χ3v) is 5.36. The van der Waals surface area contributed by atoms with E-state index in [4.69, 9.17) is 11.6 Å². The third-order valence-electron chi connectivity index (χ3n) is 2.67. The van der Waals surface area contributed by atoms with E-state index >= 15 is 0 Å². The van der Waals surface area contributed by atoms with E-state index in [1.165, 1.54) is 11.3 Å². The van der Waals surface area contributed by atoms with Gasteiger partial charge in [0.1, 0.15) is 5.75 Å². The molecule has 22 heavy (non-hydrogen) atoms. The molecule has 0 fully saturated rings. The lowest BCUT2D eigenvalue weighted by Crippen LogP contribution is -2.25. The first kappa shape index (κ1) is 17.1. The van der Waals surface area contributed by atoms with Crippen molar-refractivity contribution in [3.8, 4) is 5.75 Å². The topological polar surface area (TPSA) is 55.4 Å². The van der Waals surface area contributed by atoms with Crippen LogP contribution in [0.2, 0.25) is 5.02 Å². The van der Waals surface area contributed by atoms with Crippen LogP contribution in [-0.4, -0.2) is 21.6 Å². The molecule has 0 radical (unpaired) electrons. The first-order valence-corrected chi connectivity index (χ1v) is 8.89. The van der Waals surface area contributed by atoms with Crippen LogP contribution in [0.1, 0.15) is 4.88 Å². The Balaban J connectivity index is 2.04. The van der Waals surface area contributed by atoms with Crippen molar-refractivity contribution in [2.75, 3.05) is 6.54 Å². The van der Waals surface area contributed by atoms with Crippen LogP contribution >= 0.6 is 22.9 Å². The summed E-state index contributed by atoms with van der Waals surface area (Å²) in [6.07, 6.45) is 0.567. The van der Waals surface area contributed by atoms with Gasteiger partial charge in [-0.3, -0.25) is 0 Å². The van der Waals surface area contributed by atoms with E-state index in [9.17, 15) is 17.2 Å². The minimum absolute atomic E-state index is 0.106. The second-order valence-corrected chi connectivity index (χ2v) is 7.40. The first-order chi connectivity index (χ1) is 10.4. The number of halogens is 3. The van der Waals surface area contributed by atoms with Gasteiger partial charge >= 0.3 is 6.61 Å². The zero-order valence-corrected chi connectivity index (χ0v) is 13.5. The predicted octanol–water partition coefficient (Wildman–Crippen LogP) is 3.52. The maximum atomic E-state index is 12.1. The van der Waals surface area contributed by atoms with Crippen LogP contribution in [0.3, 0.4) is 0 Å². The normalized spacial score (nSPS) is 11.8. The van der Waals surface area contributed by atoms with Gasteiger partial charge in [0.2, 0.25) is 10.0 Å². The number of rotatable bonds is 7. The van der Waals surface area contributed by atoms with E-state index in [1.54, 1.807) is 0 Å². The van der Waals surface area contributed by atoms with E-state index in [0.717, 1.165) is 23.1 Å². The molecule has 1 aromatic carbocycles. The Morgan fingerprint density at radius 3 is 2.68 bits per heavy atom. The highest BCUT2D eigenvalue weighted by molar-refractivity contribution is 7.89. The Kier molecular flexibility index (Phi) is 5.74. The number of benzene rings is 1. The summed E-state index contributed by atoms with van der Waals surface area (Å²) < 4.78 is 55.0. The van der Waals surface area contributed by atoms with E-state index in [-0.39, 0.29) is 22.2 Å². The fraction of sp³-hybridized carbons (Fsp3) is 0.231. The molecule has 0 aliphatic heterocycles. The molecule has 0 atom stereocenters. The largest absolute Gasteiger partial charge is 0.433 e. The molecule has 4 nitrogen and oxygen atoms in total. The summed E-state index contributed by atoms with van der Waals surface area (Å²) in [5.41, 5.74) is 0. The molecule has 0 amide bonds. The highest BCUT2D eigenvalue weighted by Crippen LogP contribution is 2.28. The lowest BCUT2D eigenvalue weighted by atomic mass is 10.3. The van der Waals surface area contributed by atoms with Crippen LogP contribution in [-0.2, 0) is 16.4 Å². The predicted molar refractivity (Wildman–Crippen MR) is 81.3 cm³/mol. The zero-order chi connectivity index (χ0) is 16.2. The molecule has 9 heteroatoms. The molecule has 0 aliphatic rings. The molecule has 0 unspecified atom stereocenters. The quantitative estimate of drug-likeness (QED) is 0.814. The maximum Gasteiger partial charge on any atom is 0.387 e. The second-order valence-electron chi connectivity index (χ2n) is 4.20. The average molecular weight is 368 g/mol. The maximum absolute atomic E-state index is 12.1. The van der Waals surface area contributed by atoms with Crippen molar-refractivity contribution in [1.29, 1.82) is 0 Å². The monoisotopic (exact) mass is 367 g/mol. The second kappa shape index (κ2) is 7.36. The van der Waals surface area contributed by atoms with Crippen LogP contribution in [0, 0.1) is 0 Å². The summed E-state index contributed by atoms with van der Waals surface area (Å²) in [5.74, 6) is -0.269. The van der Waals surface area contributed by atoms with Crippen LogP contribution in [0.4, 0.5) is 8.78 Å². The van der Waals surface area contributed by atoms with Gasteiger partial charge in [-0.05, 0) is 36.1 Å². The molecule has 120 valence electrons. The molecule has 1 N–H and O–H groups in total. The van der Waals surface area contributed by atoms with Crippen molar-refractivity contribution in [3.05, 3.63) is 45.6 Å². The van der Waals surface area contributed by atoms with Gasteiger partial charge in [0.05, 0.1) is 9.92 Å². The molecule has 2 rings (SSSR count). The number of alkyl halides is 2. The Hall–Kier alpha value is -1.22. The van der Waals surface area contributed by atoms with Crippen LogP contribution in [0.5, 0.6) is 5.75 Å². The summed E-state index contributed by atoms with van der Waals surface area (Å²) in [5, 5.41) is 1.71. The number of nitrogens with one attached hydrogen (secondary N) is 1. The number of hydrogen-bond acceptors (Lipinski definition) is 4. The summed E-state index contributed by atoms with van der Waals surface area (Å²) in [7, 11) is -3.75. The number of ether oxygens (including phenoxy) is 1. The Morgan fingerprint density at radius 2 is 2.09 bits per heavy atom. The molecule has 1 aromatic heterocycles. The molecule has 0 bridgehead atoms. The lowest BCUT2D eigenvalue weighted by Gasteiger charge is -2.10. The van der Waals surface area contributed by atoms with Crippen molar-refractivity contribution in [2.45, 2.75) is 17.9 Å². The molecular formula is C13H12ClF2NO3S2. The first-order valence-electron chi connectivity index (χ1n) is 6.15. The molecule has 0 spiro atoms. The number of thiophene rings is 1. The van der Waals surface area contributed by atoms with Crippen molar-refractivity contribution in [2.24, 2.45) is 0 Å². The molecule has 2 aromatic rings. The van der Waals surface area contributed by atoms with E-state index in [1.807, 2.05) is 17.5 Å². The highest BCUT2D eigenvalue weighted by Gasteiger charge is 2.17. The Bertz CT molecular complexity index is 721. The van der Waals surface area contributed by atoms with Gasteiger partial charge in [-0.1, -0.05) is 17.7 Å². The van der Waals surface area contributed by atoms with Crippen LogP contribution < -0.4 is 9.46 Å². The van der Waals surface area contributed by atoms with Gasteiger partial charge in [-0.15, -0.1) is 11.3 Å². The van der Waals surface area contributed by atoms with Crippen molar-refractivity contribution in [1.82, 2.24) is 4.72 Å². The fourth-order valence-corrected chi connectivity index (χ4v) is 3.74. The fourth-order valence-electron chi connectivity index (χ4n) is 1.69. The van der Waals surface area contributed by atoms with E-state index in [2.05, 4.69) is 9.46 Å². The summed E-state index contributed by atoms with van der Waals surface area (Å²) in [4.78, 5) is 0.951. The van der Waals surface area contributed by atoms with Crippen molar-refractivity contribution < 1.29 is 21.9 Å². The SMILES string of the molecule is O=S(=O)(NCCc1cccs1)c1ccc(OC(F)F)c(Cl)c1. The molecule has 0 saturated heterocycles. The smallest absolute Gasteiger partial charge is 0.387 e. The van der Waals surface area contributed by atoms with Crippen LogP contribution in [0.25, 0.3) is 0 Å². The minimum Gasteiger partial charge on any atom is -0.433 e. The van der Waals surface area contributed by atoms with Gasteiger partial charge in [0.25, 0.3) is 0 Å². The van der Waals surface area contributed by atoms with Gasteiger partial charge in [0.15, 0.2) is 0 Å². The Morgan fingerprint density at radius 1 is 1.32 bits per heavy atom. The zero-order valence-electron chi connectivity index (χ0n) is 11.1. The summed E-state index contributed by atoms with van der Waals surface area (Å²) in [6.45, 7) is -2.79. The van der Waals surface area contributed by atoms with Crippen LogP contribution in [0.15, 0.2) is 40.6 Å². The third kappa shape index (κ3) is 4.64. The lowest BCUT2D eigenvalue weighted by molar-refractivity contribution is -0.0498.